The Morgan fingerprint density at radius 2 is 1.46 bits per heavy atom. The summed E-state index contributed by atoms with van der Waals surface area (Å²) in [5.41, 5.74) is -1.27. The van der Waals surface area contributed by atoms with E-state index in [1.807, 2.05) is 0 Å². The van der Waals surface area contributed by atoms with Gasteiger partial charge in [0.05, 0.1) is 18.9 Å². The van der Waals surface area contributed by atoms with Crippen LogP contribution in [0.3, 0.4) is 0 Å². The topological polar surface area (TPSA) is 120 Å². The van der Waals surface area contributed by atoms with Crippen molar-refractivity contribution in [2.24, 2.45) is 0 Å². The highest BCUT2D eigenvalue weighted by Gasteiger charge is 2.21. The van der Waals surface area contributed by atoms with Gasteiger partial charge in [-0.2, -0.15) is 8.42 Å². The van der Waals surface area contributed by atoms with E-state index in [1.165, 1.54) is 0 Å². The fraction of sp³-hybridized carbons (Fsp3) is 0.875. The summed E-state index contributed by atoms with van der Waals surface area (Å²) in [4.78, 5) is 23.4. The van der Waals surface area contributed by atoms with Crippen LogP contribution in [-0.2, 0) is 23.8 Å². The van der Waals surface area contributed by atoms with E-state index in [1.54, 1.807) is 41.5 Å². The number of hydrogen-bond donors (Lipinski definition) is 2. The maximum Gasteiger partial charge on any atom is 0.407 e. The summed E-state index contributed by atoms with van der Waals surface area (Å²) in [6.45, 7) is 10.5. The zero-order chi connectivity index (χ0) is 20.6. The van der Waals surface area contributed by atoms with Crippen molar-refractivity contribution in [1.82, 2.24) is 10.6 Å². The van der Waals surface area contributed by atoms with E-state index in [4.69, 9.17) is 13.7 Å². The van der Waals surface area contributed by atoms with Gasteiger partial charge in [-0.3, -0.25) is 4.18 Å². The molecule has 0 aliphatic heterocycles. The summed E-state index contributed by atoms with van der Waals surface area (Å²) in [7, 11) is -3.64. The lowest BCUT2D eigenvalue weighted by atomic mass is 10.1. The lowest BCUT2D eigenvalue weighted by molar-refractivity contribution is 0.0474. The molecule has 0 aliphatic carbocycles. The van der Waals surface area contributed by atoms with E-state index < -0.39 is 39.5 Å². The van der Waals surface area contributed by atoms with Crippen molar-refractivity contribution in [3.8, 4) is 0 Å². The zero-order valence-electron chi connectivity index (χ0n) is 16.7. The van der Waals surface area contributed by atoms with Gasteiger partial charge in [0, 0.05) is 6.54 Å². The molecule has 0 saturated carbocycles. The van der Waals surface area contributed by atoms with Gasteiger partial charge in [-0.05, 0) is 54.4 Å². The summed E-state index contributed by atoms with van der Waals surface area (Å²) < 4.78 is 37.3. The fourth-order valence-electron chi connectivity index (χ4n) is 1.73. The SMILES string of the molecule is CC(C)(C)OC(=O)NCCC[C@H](COS(C)(=O)=O)NC(=O)OC(C)(C)C. The van der Waals surface area contributed by atoms with E-state index in [0.717, 1.165) is 6.26 Å². The molecule has 0 aliphatic rings. The highest BCUT2D eigenvalue weighted by atomic mass is 32.2. The molecule has 0 unspecified atom stereocenters. The number of ether oxygens (including phenoxy) is 2. The molecule has 0 spiro atoms. The first-order valence-electron chi connectivity index (χ1n) is 8.38. The Balaban J connectivity index is 4.48. The van der Waals surface area contributed by atoms with Gasteiger partial charge in [-0.1, -0.05) is 0 Å². The van der Waals surface area contributed by atoms with Crippen LogP contribution < -0.4 is 10.6 Å². The molecule has 10 heteroatoms. The molecule has 1 atom stereocenters. The molecule has 0 radical (unpaired) electrons. The first-order valence-corrected chi connectivity index (χ1v) is 10.2. The lowest BCUT2D eigenvalue weighted by Crippen LogP contribution is -2.42. The first kappa shape index (κ1) is 24.5. The maximum atomic E-state index is 11.9. The number of carbonyl (C=O) groups excluding carboxylic acids is 2. The molecule has 0 bridgehead atoms. The van der Waals surface area contributed by atoms with Crippen LogP contribution in [0.2, 0.25) is 0 Å². The van der Waals surface area contributed by atoms with Crippen molar-refractivity contribution in [3.05, 3.63) is 0 Å². The van der Waals surface area contributed by atoms with Crippen molar-refractivity contribution in [1.29, 1.82) is 0 Å². The predicted octanol–water partition coefficient (Wildman–Crippen LogP) is 2.16. The third-order valence-electron chi connectivity index (χ3n) is 2.60. The second-order valence-corrected chi connectivity index (χ2v) is 9.55. The number of carbonyl (C=O) groups is 2. The van der Waals surface area contributed by atoms with E-state index in [9.17, 15) is 18.0 Å². The van der Waals surface area contributed by atoms with Crippen LogP contribution in [0.25, 0.3) is 0 Å². The molecule has 0 heterocycles. The van der Waals surface area contributed by atoms with Crippen LogP contribution in [0.4, 0.5) is 9.59 Å². The minimum absolute atomic E-state index is 0.218. The first-order chi connectivity index (χ1) is 11.6. The zero-order valence-corrected chi connectivity index (χ0v) is 17.5. The Labute approximate surface area is 156 Å². The molecule has 2 amide bonds. The largest absolute Gasteiger partial charge is 0.444 e. The summed E-state index contributed by atoms with van der Waals surface area (Å²) in [6, 6.07) is -0.583. The summed E-state index contributed by atoms with van der Waals surface area (Å²) in [6.07, 6.45) is 0.583. The van der Waals surface area contributed by atoms with Gasteiger partial charge in [-0.15, -0.1) is 0 Å². The standard InChI is InChI=1S/C16H32N2O7S/c1-15(2,3)24-13(19)17-10-8-9-12(11-23-26(7,21)22)18-14(20)25-16(4,5)6/h12H,8-11H2,1-7H3,(H,17,19)(H,18,20)/t12-/m1/s1. The quantitative estimate of drug-likeness (QED) is 0.476. The maximum absolute atomic E-state index is 11.9. The van der Waals surface area contributed by atoms with Crippen LogP contribution in [0.15, 0.2) is 0 Å². The number of hydrogen-bond acceptors (Lipinski definition) is 7. The summed E-state index contributed by atoms with van der Waals surface area (Å²) in [5.74, 6) is 0. The molecule has 0 saturated heterocycles. The average Bonchev–Trinajstić information content (AvgIpc) is 2.35. The summed E-state index contributed by atoms with van der Waals surface area (Å²) in [5, 5.41) is 5.17. The van der Waals surface area contributed by atoms with E-state index >= 15 is 0 Å². The summed E-state index contributed by atoms with van der Waals surface area (Å²) >= 11 is 0. The number of rotatable bonds is 8. The van der Waals surface area contributed by atoms with Crippen LogP contribution in [-0.4, -0.2) is 57.3 Å². The van der Waals surface area contributed by atoms with E-state index in [0.29, 0.717) is 19.4 Å². The van der Waals surface area contributed by atoms with Crippen molar-refractivity contribution in [2.75, 3.05) is 19.4 Å². The monoisotopic (exact) mass is 396 g/mol. The number of amides is 2. The second-order valence-electron chi connectivity index (χ2n) is 7.90. The van der Waals surface area contributed by atoms with Gasteiger partial charge in [0.2, 0.25) is 0 Å². The van der Waals surface area contributed by atoms with Gasteiger partial charge < -0.3 is 20.1 Å². The molecule has 9 nitrogen and oxygen atoms in total. The highest BCUT2D eigenvalue weighted by molar-refractivity contribution is 7.85. The Morgan fingerprint density at radius 1 is 0.962 bits per heavy atom. The van der Waals surface area contributed by atoms with Crippen LogP contribution in [0.5, 0.6) is 0 Å². The third-order valence-corrected chi connectivity index (χ3v) is 3.17. The Morgan fingerprint density at radius 3 is 1.92 bits per heavy atom. The second kappa shape index (κ2) is 9.96. The molecule has 0 aromatic heterocycles. The lowest BCUT2D eigenvalue weighted by Gasteiger charge is -2.23. The molecule has 0 fully saturated rings. The number of alkyl carbamates (subject to hydrolysis) is 2. The highest BCUT2D eigenvalue weighted by Crippen LogP contribution is 2.09. The molecular weight excluding hydrogens is 364 g/mol. The predicted molar refractivity (Wildman–Crippen MR) is 97.4 cm³/mol. The molecule has 0 rings (SSSR count). The van der Waals surface area contributed by atoms with Crippen molar-refractivity contribution < 1.29 is 31.7 Å². The third kappa shape index (κ3) is 15.9. The van der Waals surface area contributed by atoms with Crippen molar-refractivity contribution >= 4 is 22.3 Å². The average molecular weight is 397 g/mol. The van der Waals surface area contributed by atoms with Crippen molar-refractivity contribution in [3.63, 3.8) is 0 Å². The fourth-order valence-corrected chi connectivity index (χ4v) is 2.14. The molecule has 26 heavy (non-hydrogen) atoms. The smallest absolute Gasteiger partial charge is 0.407 e. The van der Waals surface area contributed by atoms with Crippen molar-refractivity contribution in [2.45, 2.75) is 71.6 Å². The molecule has 154 valence electrons. The van der Waals surface area contributed by atoms with Gasteiger partial charge >= 0.3 is 12.2 Å². The van der Waals surface area contributed by atoms with Crippen LogP contribution in [0, 0.1) is 0 Å². The van der Waals surface area contributed by atoms with Gasteiger partial charge in [0.25, 0.3) is 10.1 Å². The van der Waals surface area contributed by atoms with Gasteiger partial charge in [0.15, 0.2) is 0 Å². The van der Waals surface area contributed by atoms with Crippen LogP contribution >= 0.6 is 0 Å². The Bertz CT molecular complexity index is 562. The molecule has 0 aromatic rings. The van der Waals surface area contributed by atoms with E-state index in [2.05, 4.69) is 10.6 Å². The Hall–Kier alpha value is -1.55. The number of nitrogens with one attached hydrogen (secondary N) is 2. The Kier molecular flexibility index (Phi) is 9.36. The molecular formula is C16H32N2O7S. The normalized spacial score (nSPS) is 13.7. The van der Waals surface area contributed by atoms with Crippen LogP contribution in [0.1, 0.15) is 54.4 Å². The van der Waals surface area contributed by atoms with E-state index in [-0.39, 0.29) is 6.61 Å². The minimum Gasteiger partial charge on any atom is -0.444 e. The minimum atomic E-state index is -3.64. The molecule has 2 N–H and O–H groups in total. The van der Waals surface area contributed by atoms with Gasteiger partial charge in [-0.25, -0.2) is 9.59 Å². The van der Waals surface area contributed by atoms with Gasteiger partial charge in [0.1, 0.15) is 11.2 Å². The molecule has 0 aromatic carbocycles.